The predicted molar refractivity (Wildman–Crippen MR) is 123 cm³/mol. The molecule has 28 heavy (non-hydrogen) atoms. The Bertz CT molecular complexity index is 557. The standard InChI is InChI=1S/C26H38O2/c1-2-3-4-5-6-7-8-9-10-11-12-13-14-15-16-17-18-19-20-21-22-23-24-25-26(27)28/h3-6,9-10,12-13,15-16,18-19,21-22H,2,7-8,11,14,17,20,23-25H2,1H3,(H,27,28)/b4-3-,6-5-,10-9-,13-12-,16-15-,19-18-,22-21-. The first kappa shape index (κ1) is 25.6. The molecule has 0 amide bonds. The van der Waals surface area contributed by atoms with Crippen LogP contribution in [0.4, 0.5) is 0 Å². The van der Waals surface area contributed by atoms with Crippen molar-refractivity contribution >= 4 is 5.97 Å². The second-order valence-electron chi connectivity index (χ2n) is 6.43. The van der Waals surface area contributed by atoms with Crippen LogP contribution in [0.1, 0.15) is 71.1 Å². The number of rotatable bonds is 17. The van der Waals surface area contributed by atoms with Crippen molar-refractivity contribution in [2.75, 3.05) is 0 Å². The smallest absolute Gasteiger partial charge is 0.303 e. The number of unbranched alkanes of at least 4 members (excludes halogenated alkanes) is 2. The van der Waals surface area contributed by atoms with Crippen molar-refractivity contribution < 1.29 is 9.90 Å². The Labute approximate surface area is 172 Å². The van der Waals surface area contributed by atoms with Gasteiger partial charge in [0.05, 0.1) is 0 Å². The third-order valence-corrected chi connectivity index (χ3v) is 3.80. The molecule has 0 saturated carbocycles. The van der Waals surface area contributed by atoms with Crippen molar-refractivity contribution in [3.63, 3.8) is 0 Å². The molecule has 0 atom stereocenters. The number of aliphatic carboxylic acids is 1. The molecule has 0 bridgehead atoms. The van der Waals surface area contributed by atoms with E-state index in [9.17, 15) is 4.79 Å². The van der Waals surface area contributed by atoms with E-state index in [0.29, 0.717) is 0 Å². The number of hydrogen-bond acceptors (Lipinski definition) is 1. The molecule has 154 valence electrons. The molecule has 0 aliphatic heterocycles. The average molecular weight is 383 g/mol. The third-order valence-electron chi connectivity index (χ3n) is 3.80. The molecule has 0 aromatic carbocycles. The fraction of sp³-hybridized carbons (Fsp3) is 0.423. The SMILES string of the molecule is CC/C=C\C=C/CC/C=C\C/C=C\C/C=C\C/C=C\C/C=C\CCCC(=O)O. The highest BCUT2D eigenvalue weighted by Crippen LogP contribution is 1.99. The van der Waals surface area contributed by atoms with Gasteiger partial charge < -0.3 is 5.11 Å². The Kier molecular flexibility index (Phi) is 20.8. The van der Waals surface area contributed by atoms with Crippen LogP contribution < -0.4 is 0 Å². The summed E-state index contributed by atoms with van der Waals surface area (Å²) in [5.74, 6) is -0.717. The van der Waals surface area contributed by atoms with Crippen LogP contribution in [0, 0.1) is 0 Å². The molecule has 2 heteroatoms. The second kappa shape index (κ2) is 22.7. The topological polar surface area (TPSA) is 37.3 Å². The van der Waals surface area contributed by atoms with Gasteiger partial charge in [-0.1, -0.05) is 92.0 Å². The summed E-state index contributed by atoms with van der Waals surface area (Å²) in [6.07, 6.45) is 39.3. The van der Waals surface area contributed by atoms with E-state index < -0.39 is 5.97 Å². The molecule has 0 aromatic heterocycles. The van der Waals surface area contributed by atoms with Crippen molar-refractivity contribution in [3.8, 4) is 0 Å². The van der Waals surface area contributed by atoms with Gasteiger partial charge in [0.25, 0.3) is 0 Å². The summed E-state index contributed by atoms with van der Waals surface area (Å²) in [6.45, 7) is 2.14. The quantitative estimate of drug-likeness (QED) is 0.158. The molecule has 0 aliphatic carbocycles. The highest BCUT2D eigenvalue weighted by molar-refractivity contribution is 5.66. The van der Waals surface area contributed by atoms with Gasteiger partial charge in [-0.3, -0.25) is 4.79 Å². The van der Waals surface area contributed by atoms with Gasteiger partial charge >= 0.3 is 5.97 Å². The van der Waals surface area contributed by atoms with Gasteiger partial charge in [-0.05, 0) is 57.8 Å². The molecule has 0 fully saturated rings. The summed E-state index contributed by atoms with van der Waals surface area (Å²) in [5, 5.41) is 8.53. The molecular formula is C26H38O2. The number of carboxylic acid groups (broad SMARTS) is 1. The first-order valence-electron chi connectivity index (χ1n) is 10.6. The van der Waals surface area contributed by atoms with E-state index in [2.05, 4.69) is 92.0 Å². The summed E-state index contributed by atoms with van der Waals surface area (Å²) in [6, 6.07) is 0. The zero-order valence-electron chi connectivity index (χ0n) is 17.5. The lowest BCUT2D eigenvalue weighted by Gasteiger charge is -1.90. The maximum Gasteiger partial charge on any atom is 0.303 e. The minimum atomic E-state index is -0.717. The van der Waals surface area contributed by atoms with E-state index in [1.165, 1.54) is 0 Å². The van der Waals surface area contributed by atoms with E-state index in [4.69, 9.17) is 5.11 Å². The highest BCUT2D eigenvalue weighted by Gasteiger charge is 1.92. The molecule has 1 N–H and O–H groups in total. The molecular weight excluding hydrogens is 344 g/mol. The summed E-state index contributed by atoms with van der Waals surface area (Å²) in [7, 11) is 0. The Morgan fingerprint density at radius 3 is 1.54 bits per heavy atom. The van der Waals surface area contributed by atoms with E-state index in [1.807, 2.05) is 0 Å². The minimum Gasteiger partial charge on any atom is -0.481 e. The van der Waals surface area contributed by atoms with Crippen molar-refractivity contribution in [1.29, 1.82) is 0 Å². The lowest BCUT2D eigenvalue weighted by molar-refractivity contribution is -0.137. The Balaban J connectivity index is 3.52. The maximum absolute atomic E-state index is 10.4. The second-order valence-corrected chi connectivity index (χ2v) is 6.43. The van der Waals surface area contributed by atoms with Crippen LogP contribution >= 0.6 is 0 Å². The van der Waals surface area contributed by atoms with Crippen LogP contribution in [0.3, 0.4) is 0 Å². The zero-order chi connectivity index (χ0) is 20.5. The number of carboxylic acids is 1. The van der Waals surface area contributed by atoms with Gasteiger partial charge in [0.1, 0.15) is 0 Å². The fourth-order valence-electron chi connectivity index (χ4n) is 2.27. The highest BCUT2D eigenvalue weighted by atomic mass is 16.4. The summed E-state index contributed by atoms with van der Waals surface area (Å²) in [5.41, 5.74) is 0. The molecule has 0 aliphatic rings. The molecule has 0 radical (unpaired) electrons. The van der Waals surface area contributed by atoms with Crippen LogP contribution in [0.5, 0.6) is 0 Å². The fourth-order valence-corrected chi connectivity index (χ4v) is 2.27. The maximum atomic E-state index is 10.4. The Hall–Kier alpha value is -2.35. The lowest BCUT2D eigenvalue weighted by atomic mass is 10.2. The van der Waals surface area contributed by atoms with Crippen LogP contribution in [-0.2, 0) is 4.79 Å². The molecule has 2 nitrogen and oxygen atoms in total. The molecule has 0 spiro atoms. The van der Waals surface area contributed by atoms with Gasteiger partial charge in [0.15, 0.2) is 0 Å². The first-order valence-corrected chi connectivity index (χ1v) is 10.6. The number of hydrogen-bond donors (Lipinski definition) is 1. The lowest BCUT2D eigenvalue weighted by Crippen LogP contribution is -1.92. The predicted octanol–water partition coefficient (Wildman–Crippen LogP) is 7.89. The normalized spacial score (nSPS) is 13.2. The Morgan fingerprint density at radius 2 is 1.04 bits per heavy atom. The minimum absolute atomic E-state index is 0.254. The van der Waals surface area contributed by atoms with Crippen LogP contribution in [-0.4, -0.2) is 11.1 Å². The summed E-state index contributed by atoms with van der Waals surface area (Å²) < 4.78 is 0. The van der Waals surface area contributed by atoms with Crippen molar-refractivity contribution in [3.05, 3.63) is 85.1 Å². The van der Waals surface area contributed by atoms with E-state index in [0.717, 1.165) is 57.8 Å². The van der Waals surface area contributed by atoms with Crippen LogP contribution in [0.2, 0.25) is 0 Å². The van der Waals surface area contributed by atoms with Gasteiger partial charge in [0.2, 0.25) is 0 Å². The largest absolute Gasteiger partial charge is 0.481 e. The van der Waals surface area contributed by atoms with Crippen molar-refractivity contribution in [2.24, 2.45) is 0 Å². The van der Waals surface area contributed by atoms with Gasteiger partial charge in [-0.2, -0.15) is 0 Å². The molecule has 0 unspecified atom stereocenters. The molecule has 0 heterocycles. The Morgan fingerprint density at radius 1 is 0.607 bits per heavy atom. The average Bonchev–Trinajstić information content (AvgIpc) is 2.68. The van der Waals surface area contributed by atoms with Crippen LogP contribution in [0.25, 0.3) is 0 Å². The summed E-state index contributed by atoms with van der Waals surface area (Å²) >= 11 is 0. The van der Waals surface area contributed by atoms with Crippen LogP contribution in [0.15, 0.2) is 85.1 Å². The number of carbonyl (C=O) groups is 1. The molecule has 0 saturated heterocycles. The van der Waals surface area contributed by atoms with E-state index in [-0.39, 0.29) is 6.42 Å². The number of allylic oxidation sites excluding steroid dienone is 14. The first-order chi connectivity index (χ1) is 13.8. The van der Waals surface area contributed by atoms with Crippen molar-refractivity contribution in [2.45, 2.75) is 71.1 Å². The van der Waals surface area contributed by atoms with Gasteiger partial charge in [-0.25, -0.2) is 0 Å². The molecule has 0 aromatic rings. The van der Waals surface area contributed by atoms with Crippen molar-refractivity contribution in [1.82, 2.24) is 0 Å². The van der Waals surface area contributed by atoms with Gasteiger partial charge in [-0.15, -0.1) is 0 Å². The monoisotopic (exact) mass is 382 g/mol. The third kappa shape index (κ3) is 23.6. The zero-order valence-corrected chi connectivity index (χ0v) is 17.5. The van der Waals surface area contributed by atoms with E-state index >= 15 is 0 Å². The van der Waals surface area contributed by atoms with E-state index in [1.54, 1.807) is 0 Å². The molecule has 0 rings (SSSR count). The summed E-state index contributed by atoms with van der Waals surface area (Å²) in [4.78, 5) is 10.4. The van der Waals surface area contributed by atoms with Gasteiger partial charge in [0, 0.05) is 6.42 Å².